The largest absolute Gasteiger partial charge is 0.292 e. The smallest absolute Gasteiger partial charge is 0.256 e. The van der Waals surface area contributed by atoms with Crippen molar-refractivity contribution in [2.45, 2.75) is 16.4 Å². The number of aromatic nitrogens is 7. The SMILES string of the molecule is Cc1nsc(Sc2nc(NN)nc(-n3cccn3)n2)n1. The highest BCUT2D eigenvalue weighted by Gasteiger charge is 2.11. The molecule has 0 saturated heterocycles. The van der Waals surface area contributed by atoms with Gasteiger partial charge < -0.3 is 0 Å². The van der Waals surface area contributed by atoms with Crippen LogP contribution in [0, 0.1) is 6.92 Å². The molecule has 9 nitrogen and oxygen atoms in total. The van der Waals surface area contributed by atoms with Gasteiger partial charge in [-0.05, 0) is 36.3 Å². The molecule has 0 aliphatic heterocycles. The predicted octanol–water partition coefficient (Wildman–Crippen LogP) is 0.654. The molecule has 0 amide bonds. The van der Waals surface area contributed by atoms with E-state index in [1.54, 1.807) is 18.5 Å². The highest BCUT2D eigenvalue weighted by Crippen LogP contribution is 2.26. The minimum atomic E-state index is 0.259. The lowest BCUT2D eigenvalue weighted by molar-refractivity contribution is 0.760. The minimum Gasteiger partial charge on any atom is -0.292 e. The first-order valence-corrected chi connectivity index (χ1v) is 7.04. The van der Waals surface area contributed by atoms with Gasteiger partial charge in [-0.1, -0.05) is 0 Å². The van der Waals surface area contributed by atoms with Crippen LogP contribution in [0.15, 0.2) is 28.0 Å². The van der Waals surface area contributed by atoms with Gasteiger partial charge in [-0.3, -0.25) is 5.43 Å². The third-order valence-electron chi connectivity index (χ3n) is 2.13. The molecule has 0 fully saturated rings. The second kappa shape index (κ2) is 5.48. The van der Waals surface area contributed by atoms with E-state index in [2.05, 4.69) is 34.8 Å². The molecular weight excluding hydrogens is 298 g/mol. The van der Waals surface area contributed by atoms with Crippen molar-refractivity contribution in [3.05, 3.63) is 24.3 Å². The molecule has 3 aromatic heterocycles. The average molecular weight is 307 g/mol. The van der Waals surface area contributed by atoms with Gasteiger partial charge in [0, 0.05) is 12.4 Å². The van der Waals surface area contributed by atoms with Crippen LogP contribution in [0.25, 0.3) is 5.95 Å². The van der Waals surface area contributed by atoms with Crippen LogP contribution in [-0.4, -0.2) is 34.1 Å². The summed E-state index contributed by atoms with van der Waals surface area (Å²) in [6.45, 7) is 1.83. The van der Waals surface area contributed by atoms with Crippen LogP contribution >= 0.6 is 23.3 Å². The summed E-state index contributed by atoms with van der Waals surface area (Å²) in [6.07, 6.45) is 3.37. The molecule has 20 heavy (non-hydrogen) atoms. The fraction of sp³-hybridized carbons (Fsp3) is 0.111. The third kappa shape index (κ3) is 2.74. The molecule has 0 aromatic carbocycles. The molecule has 0 saturated carbocycles. The van der Waals surface area contributed by atoms with Crippen molar-refractivity contribution in [3.8, 4) is 5.95 Å². The molecule has 3 heterocycles. The van der Waals surface area contributed by atoms with E-state index < -0.39 is 0 Å². The van der Waals surface area contributed by atoms with Crippen molar-refractivity contribution in [2.24, 2.45) is 5.84 Å². The zero-order valence-electron chi connectivity index (χ0n) is 10.3. The van der Waals surface area contributed by atoms with Crippen molar-refractivity contribution in [1.82, 2.24) is 34.1 Å². The Hall–Kier alpha value is -2.11. The second-order valence-electron chi connectivity index (χ2n) is 3.55. The summed E-state index contributed by atoms with van der Waals surface area (Å²) < 4.78 is 6.39. The number of hydrogen-bond acceptors (Lipinski definition) is 10. The standard InChI is InChI=1S/C9H9N9S2/c1-5-12-9(20-17-5)19-8-14-6(16-10)13-7(15-8)18-4-2-3-11-18/h2-4H,10H2,1H3,(H,13,14,15,16). The van der Waals surface area contributed by atoms with Crippen molar-refractivity contribution in [3.63, 3.8) is 0 Å². The van der Waals surface area contributed by atoms with Gasteiger partial charge in [0.15, 0.2) is 4.34 Å². The molecule has 0 bridgehead atoms. The maximum atomic E-state index is 5.37. The van der Waals surface area contributed by atoms with Gasteiger partial charge in [-0.25, -0.2) is 15.5 Å². The summed E-state index contributed by atoms with van der Waals surface area (Å²) in [5.74, 6) is 6.73. The lowest BCUT2D eigenvalue weighted by atomic mass is 10.7. The van der Waals surface area contributed by atoms with Crippen LogP contribution in [0.4, 0.5) is 5.95 Å². The molecule has 0 aliphatic carbocycles. The Morgan fingerprint density at radius 3 is 2.85 bits per heavy atom. The van der Waals surface area contributed by atoms with E-state index in [0.29, 0.717) is 11.1 Å². The topological polar surface area (TPSA) is 120 Å². The number of hydrazine groups is 1. The lowest BCUT2D eigenvalue weighted by Crippen LogP contribution is -2.14. The Labute approximate surface area is 121 Å². The molecule has 3 rings (SSSR count). The van der Waals surface area contributed by atoms with E-state index >= 15 is 0 Å². The van der Waals surface area contributed by atoms with Crippen LogP contribution in [-0.2, 0) is 0 Å². The van der Waals surface area contributed by atoms with Gasteiger partial charge in [-0.2, -0.15) is 24.4 Å². The first kappa shape index (κ1) is 12.9. The molecule has 0 radical (unpaired) electrons. The summed E-state index contributed by atoms with van der Waals surface area (Å²) in [6, 6.07) is 1.78. The number of nitrogens with two attached hydrogens (primary N) is 1. The van der Waals surface area contributed by atoms with E-state index in [-0.39, 0.29) is 5.95 Å². The Morgan fingerprint density at radius 2 is 2.20 bits per heavy atom. The lowest BCUT2D eigenvalue weighted by Gasteiger charge is -2.04. The number of hydrogen-bond donors (Lipinski definition) is 2. The van der Waals surface area contributed by atoms with Crippen molar-refractivity contribution < 1.29 is 0 Å². The van der Waals surface area contributed by atoms with E-state index in [4.69, 9.17) is 5.84 Å². The maximum absolute atomic E-state index is 5.37. The van der Waals surface area contributed by atoms with Crippen LogP contribution in [0.3, 0.4) is 0 Å². The van der Waals surface area contributed by atoms with Crippen molar-refractivity contribution in [2.75, 3.05) is 5.43 Å². The van der Waals surface area contributed by atoms with E-state index in [1.165, 1.54) is 28.0 Å². The maximum Gasteiger partial charge on any atom is 0.256 e. The zero-order chi connectivity index (χ0) is 13.9. The molecule has 11 heteroatoms. The summed E-state index contributed by atoms with van der Waals surface area (Å²) >= 11 is 2.58. The zero-order valence-corrected chi connectivity index (χ0v) is 11.9. The monoisotopic (exact) mass is 307 g/mol. The summed E-state index contributed by atoms with van der Waals surface area (Å²) in [5.41, 5.74) is 2.41. The number of nitrogens with zero attached hydrogens (tertiary/aromatic N) is 7. The van der Waals surface area contributed by atoms with Crippen molar-refractivity contribution >= 4 is 29.2 Å². The first-order valence-electron chi connectivity index (χ1n) is 5.45. The molecule has 0 unspecified atom stereocenters. The van der Waals surface area contributed by atoms with Crippen LogP contribution in [0.2, 0.25) is 0 Å². The normalized spacial score (nSPS) is 10.7. The van der Waals surface area contributed by atoms with Gasteiger partial charge in [0.05, 0.1) is 0 Å². The number of nitrogen functional groups attached to an aromatic ring is 1. The van der Waals surface area contributed by atoms with Gasteiger partial charge in [0.1, 0.15) is 5.82 Å². The molecule has 102 valence electrons. The second-order valence-corrected chi connectivity index (χ2v) is 5.51. The number of nitrogens with one attached hydrogen (secondary N) is 1. The minimum absolute atomic E-state index is 0.259. The van der Waals surface area contributed by atoms with Gasteiger partial charge in [0.25, 0.3) is 5.95 Å². The molecule has 0 atom stereocenters. The highest BCUT2D eigenvalue weighted by atomic mass is 32.2. The van der Waals surface area contributed by atoms with E-state index in [1.807, 2.05) is 6.92 Å². The summed E-state index contributed by atoms with van der Waals surface area (Å²) in [7, 11) is 0. The Balaban J connectivity index is 1.96. The van der Waals surface area contributed by atoms with Gasteiger partial charge in [-0.15, -0.1) is 0 Å². The van der Waals surface area contributed by atoms with E-state index in [0.717, 1.165) is 10.2 Å². The molecule has 0 aliphatic rings. The number of rotatable bonds is 4. The van der Waals surface area contributed by atoms with Crippen molar-refractivity contribution in [1.29, 1.82) is 0 Å². The molecule has 3 N–H and O–H groups in total. The van der Waals surface area contributed by atoms with Crippen LogP contribution < -0.4 is 11.3 Å². The Kier molecular flexibility index (Phi) is 3.54. The molecular formula is C9H9N9S2. The quantitative estimate of drug-likeness (QED) is 0.528. The predicted molar refractivity (Wildman–Crippen MR) is 73.5 cm³/mol. The first-order chi connectivity index (χ1) is 9.74. The highest BCUT2D eigenvalue weighted by molar-refractivity contribution is 8.00. The summed E-state index contributed by atoms with van der Waals surface area (Å²) in [5, 5.41) is 4.54. The number of aryl methyl sites for hydroxylation is 1. The fourth-order valence-corrected chi connectivity index (χ4v) is 2.85. The van der Waals surface area contributed by atoms with Crippen LogP contribution in [0.5, 0.6) is 0 Å². The fourth-order valence-electron chi connectivity index (χ4n) is 1.34. The van der Waals surface area contributed by atoms with Gasteiger partial charge >= 0.3 is 0 Å². The molecule has 0 spiro atoms. The average Bonchev–Trinajstić information content (AvgIpc) is 3.10. The third-order valence-corrected chi connectivity index (χ3v) is 3.84. The Morgan fingerprint density at radius 1 is 1.30 bits per heavy atom. The van der Waals surface area contributed by atoms with E-state index in [9.17, 15) is 0 Å². The van der Waals surface area contributed by atoms with Crippen LogP contribution in [0.1, 0.15) is 5.82 Å². The van der Waals surface area contributed by atoms with Gasteiger partial charge in [0.2, 0.25) is 11.1 Å². The Bertz CT molecular complexity index is 708. The number of anilines is 1. The molecule has 3 aromatic rings. The summed E-state index contributed by atoms with van der Waals surface area (Å²) in [4.78, 5) is 16.9.